The van der Waals surface area contributed by atoms with Crippen molar-refractivity contribution in [3.8, 4) is 73.2 Å². The summed E-state index contributed by atoms with van der Waals surface area (Å²) in [6, 6.07) is 78.4. The van der Waals surface area contributed by atoms with E-state index in [1.807, 2.05) is 18.2 Å². The third-order valence-corrected chi connectivity index (χ3v) is 13.1. The van der Waals surface area contributed by atoms with Gasteiger partial charge in [-0.15, -0.1) is 0 Å². The summed E-state index contributed by atoms with van der Waals surface area (Å²) in [6.07, 6.45) is 0. The van der Waals surface area contributed by atoms with Gasteiger partial charge in [0.05, 0.1) is 16.4 Å². The zero-order chi connectivity index (χ0) is 40.8. The molecule has 0 radical (unpaired) electrons. The zero-order valence-corrected chi connectivity index (χ0v) is 33.6. The summed E-state index contributed by atoms with van der Waals surface area (Å²) in [6.45, 7) is 0. The Labute approximate surface area is 359 Å². The van der Waals surface area contributed by atoms with Crippen LogP contribution < -0.4 is 0 Å². The molecule has 2 aliphatic rings. The highest BCUT2D eigenvalue weighted by Crippen LogP contribution is 2.64. The van der Waals surface area contributed by atoms with Gasteiger partial charge >= 0.3 is 0 Å². The summed E-state index contributed by atoms with van der Waals surface area (Å²) in [4.78, 5) is 15.8. The topological polar surface area (TPSA) is 43.6 Å². The van der Waals surface area contributed by atoms with Crippen molar-refractivity contribution in [3.63, 3.8) is 0 Å². The molecular weight excluding hydrogens is 753 g/mol. The van der Waals surface area contributed by atoms with Crippen LogP contribution in [-0.4, -0.2) is 19.5 Å². The molecule has 62 heavy (non-hydrogen) atoms. The first-order chi connectivity index (χ1) is 30.8. The molecule has 2 heterocycles. The van der Waals surface area contributed by atoms with Crippen LogP contribution in [0, 0.1) is 0 Å². The molecule has 4 heteroatoms. The maximum absolute atomic E-state index is 5.37. The van der Waals surface area contributed by atoms with Crippen molar-refractivity contribution in [2.45, 2.75) is 5.41 Å². The minimum Gasteiger partial charge on any atom is -0.309 e. The Morgan fingerprint density at radius 2 is 0.806 bits per heavy atom. The molecule has 1 spiro atoms. The number of para-hydroxylation sites is 3. The van der Waals surface area contributed by atoms with Crippen LogP contribution >= 0.6 is 0 Å². The molecule has 0 atom stereocenters. The van der Waals surface area contributed by atoms with Crippen molar-refractivity contribution in [2.75, 3.05) is 0 Å². The lowest BCUT2D eigenvalue weighted by Gasteiger charge is -2.30. The van der Waals surface area contributed by atoms with Crippen LogP contribution in [0.25, 0.3) is 95.0 Å². The maximum atomic E-state index is 5.37. The van der Waals surface area contributed by atoms with Crippen LogP contribution in [0.2, 0.25) is 0 Å². The Morgan fingerprint density at radius 3 is 1.56 bits per heavy atom. The second-order valence-electron chi connectivity index (χ2n) is 16.3. The first kappa shape index (κ1) is 34.6. The number of hydrogen-bond donors (Lipinski definition) is 0. The van der Waals surface area contributed by atoms with Crippen LogP contribution in [0.4, 0.5) is 0 Å². The highest BCUT2D eigenvalue weighted by atomic mass is 15.0. The highest BCUT2D eigenvalue weighted by Gasteiger charge is 2.51. The number of aromatic nitrogens is 4. The molecule has 2 aliphatic carbocycles. The van der Waals surface area contributed by atoms with Crippen LogP contribution in [0.3, 0.4) is 0 Å². The molecule has 0 aliphatic heterocycles. The van der Waals surface area contributed by atoms with Gasteiger partial charge in [0.2, 0.25) is 0 Å². The number of benzene rings is 9. The monoisotopic (exact) mass is 788 g/mol. The van der Waals surface area contributed by atoms with E-state index in [4.69, 9.17) is 15.0 Å². The molecule has 0 unspecified atom stereocenters. The largest absolute Gasteiger partial charge is 0.309 e. The molecule has 0 N–H and O–H groups in total. The summed E-state index contributed by atoms with van der Waals surface area (Å²) in [5.41, 5.74) is 18.4. The Kier molecular flexibility index (Phi) is 7.49. The molecule has 0 saturated heterocycles. The van der Waals surface area contributed by atoms with E-state index in [1.165, 1.54) is 55.5 Å². The fourth-order valence-corrected chi connectivity index (χ4v) is 10.6. The molecule has 0 bridgehead atoms. The summed E-state index contributed by atoms with van der Waals surface area (Å²) >= 11 is 0. The van der Waals surface area contributed by atoms with Crippen molar-refractivity contribution in [1.29, 1.82) is 0 Å². The maximum Gasteiger partial charge on any atom is 0.166 e. The second kappa shape index (κ2) is 13.4. The average Bonchev–Trinajstić information content (AvgIpc) is 3.97. The van der Waals surface area contributed by atoms with Crippen LogP contribution in [-0.2, 0) is 5.41 Å². The second-order valence-corrected chi connectivity index (χ2v) is 16.3. The molecule has 9 aromatic carbocycles. The molecule has 0 fully saturated rings. The Morgan fingerprint density at radius 1 is 0.323 bits per heavy atom. The molecule has 2 aromatic heterocycles. The third-order valence-electron chi connectivity index (χ3n) is 13.1. The summed E-state index contributed by atoms with van der Waals surface area (Å²) in [7, 11) is 0. The van der Waals surface area contributed by atoms with Gasteiger partial charge in [-0.05, 0) is 86.0 Å². The molecule has 13 rings (SSSR count). The van der Waals surface area contributed by atoms with E-state index in [-0.39, 0.29) is 0 Å². The summed E-state index contributed by atoms with van der Waals surface area (Å²) in [5.74, 6) is 1.88. The summed E-state index contributed by atoms with van der Waals surface area (Å²) < 4.78 is 2.34. The number of fused-ring (bicyclic) bond motifs is 13. The van der Waals surface area contributed by atoms with Crippen molar-refractivity contribution < 1.29 is 0 Å². The van der Waals surface area contributed by atoms with E-state index in [0.717, 1.165) is 44.4 Å². The fourth-order valence-electron chi connectivity index (χ4n) is 10.6. The smallest absolute Gasteiger partial charge is 0.166 e. The van der Waals surface area contributed by atoms with Gasteiger partial charge in [-0.25, -0.2) is 15.0 Å². The Hall–Kier alpha value is -8.21. The van der Waals surface area contributed by atoms with Crippen LogP contribution in [0.15, 0.2) is 218 Å². The molecule has 288 valence electrons. The lowest BCUT2D eigenvalue weighted by molar-refractivity contribution is 0.794. The van der Waals surface area contributed by atoms with Crippen molar-refractivity contribution in [3.05, 3.63) is 241 Å². The molecule has 11 aromatic rings. The minimum absolute atomic E-state index is 0.413. The van der Waals surface area contributed by atoms with E-state index >= 15 is 0 Å². The van der Waals surface area contributed by atoms with E-state index < -0.39 is 5.41 Å². The molecule has 0 saturated carbocycles. The first-order valence-electron chi connectivity index (χ1n) is 21.2. The predicted octanol–water partition coefficient (Wildman–Crippen LogP) is 14.0. The van der Waals surface area contributed by atoms with Gasteiger partial charge in [0.25, 0.3) is 0 Å². The van der Waals surface area contributed by atoms with E-state index in [9.17, 15) is 0 Å². The van der Waals surface area contributed by atoms with Gasteiger partial charge in [0.1, 0.15) is 0 Å². The molecule has 4 nitrogen and oxygen atoms in total. The zero-order valence-electron chi connectivity index (χ0n) is 33.6. The quantitative estimate of drug-likeness (QED) is 0.174. The SMILES string of the molecule is c1ccc(-c2nc(-c3cccc(-c4cccc5c4-c4ccccc4C54c5ccccc5-c5ccccc54)c3)nc(-c3cccc4c5ccccc5n(-c5ccccc5)c34)n2)cc1. The molecule has 0 amide bonds. The highest BCUT2D eigenvalue weighted by molar-refractivity contribution is 6.13. The van der Waals surface area contributed by atoms with Gasteiger partial charge in [-0.1, -0.05) is 188 Å². The fraction of sp³-hybridized carbons (Fsp3) is 0.0172. The number of rotatable bonds is 5. The lowest BCUT2D eigenvalue weighted by atomic mass is 9.70. The number of hydrogen-bond acceptors (Lipinski definition) is 3. The normalized spacial score (nSPS) is 13.0. The Bertz CT molecular complexity index is 3540. The van der Waals surface area contributed by atoms with Crippen molar-refractivity contribution in [2.24, 2.45) is 0 Å². The number of nitrogens with zero attached hydrogens (tertiary/aromatic N) is 4. The van der Waals surface area contributed by atoms with E-state index in [0.29, 0.717) is 17.5 Å². The first-order valence-corrected chi connectivity index (χ1v) is 21.2. The standard InChI is InChI=1S/C58H36N4/c1-3-18-37(19-4-1)55-59-56(61-57(60-55)47-30-16-29-45-44-26-10-14-35-52(44)62(54(45)47)40-22-5-2-6-23-40)39-21-15-20-38(36-39)41-28-17-34-51-53(41)46-27-9-13-33-50(46)58(51)48-31-11-7-24-42(48)43-25-8-12-32-49(43)58/h1-36H. The van der Waals surface area contributed by atoms with Crippen molar-refractivity contribution in [1.82, 2.24) is 19.5 Å². The van der Waals surface area contributed by atoms with E-state index in [2.05, 4.69) is 205 Å². The van der Waals surface area contributed by atoms with Crippen LogP contribution in [0.5, 0.6) is 0 Å². The lowest BCUT2D eigenvalue weighted by Crippen LogP contribution is -2.25. The van der Waals surface area contributed by atoms with Gasteiger partial charge in [-0.3, -0.25) is 0 Å². The minimum atomic E-state index is -0.413. The molecular formula is C58H36N4. The Balaban J connectivity index is 1.03. The predicted molar refractivity (Wildman–Crippen MR) is 252 cm³/mol. The summed E-state index contributed by atoms with van der Waals surface area (Å²) in [5, 5.41) is 2.33. The van der Waals surface area contributed by atoms with E-state index in [1.54, 1.807) is 0 Å². The van der Waals surface area contributed by atoms with Gasteiger partial charge in [0.15, 0.2) is 17.5 Å². The van der Waals surface area contributed by atoms with Crippen molar-refractivity contribution >= 4 is 21.8 Å². The van der Waals surface area contributed by atoms with Gasteiger partial charge in [0, 0.05) is 33.2 Å². The third kappa shape index (κ3) is 4.86. The van der Waals surface area contributed by atoms with Gasteiger partial charge in [-0.2, -0.15) is 0 Å². The average molecular weight is 789 g/mol. The van der Waals surface area contributed by atoms with Gasteiger partial charge < -0.3 is 4.57 Å². The van der Waals surface area contributed by atoms with Crippen LogP contribution in [0.1, 0.15) is 22.3 Å².